The Bertz CT molecular complexity index is 1270. The van der Waals surface area contributed by atoms with Crippen molar-refractivity contribution >= 4 is 27.8 Å². The number of amides is 1. The van der Waals surface area contributed by atoms with Gasteiger partial charge in [-0.15, -0.1) is 0 Å². The summed E-state index contributed by atoms with van der Waals surface area (Å²) in [4.78, 5) is 14.7. The van der Waals surface area contributed by atoms with Crippen molar-refractivity contribution in [2.24, 2.45) is 7.05 Å². The largest absolute Gasteiger partial charge is 0.416 e. The third-order valence-electron chi connectivity index (χ3n) is 5.33. The van der Waals surface area contributed by atoms with Crippen LogP contribution in [0.1, 0.15) is 22.3 Å². The van der Waals surface area contributed by atoms with E-state index in [0.717, 1.165) is 41.4 Å². The first-order valence-corrected chi connectivity index (χ1v) is 10.2. The molecule has 2 aromatic heterocycles. The number of carbonyl (C=O) groups excluding carboxylic acids is 1. The lowest BCUT2D eigenvalue weighted by atomic mass is 10.1. The number of nitrogens with zero attached hydrogens (tertiary/aromatic N) is 4. The van der Waals surface area contributed by atoms with Crippen LogP contribution in [-0.2, 0) is 13.2 Å². The molecule has 4 rings (SSSR count). The maximum atomic E-state index is 13.0. The van der Waals surface area contributed by atoms with Gasteiger partial charge in [-0.2, -0.15) is 18.3 Å². The molecule has 0 unspecified atom stereocenters. The van der Waals surface area contributed by atoms with E-state index in [4.69, 9.17) is 0 Å². The Balaban J connectivity index is 1.72. The number of aromatic nitrogens is 3. The van der Waals surface area contributed by atoms with E-state index in [9.17, 15) is 18.0 Å². The first-order valence-electron chi connectivity index (χ1n) is 10.2. The smallest absolute Gasteiger partial charge is 0.352 e. The minimum atomic E-state index is -4.40. The van der Waals surface area contributed by atoms with Crippen molar-refractivity contribution in [3.05, 3.63) is 59.8 Å². The SMILES string of the molecule is CN(C)CCCNC(=O)c1ccc2c(c1)c1cn(C)nc1n2-c1ccc(C(F)(F)F)cc1. The van der Waals surface area contributed by atoms with Gasteiger partial charge in [-0.1, -0.05) is 0 Å². The predicted octanol–water partition coefficient (Wildman–Crippen LogP) is 4.22. The Morgan fingerprint density at radius 2 is 1.81 bits per heavy atom. The third-order valence-corrected chi connectivity index (χ3v) is 5.33. The molecule has 1 N–H and O–H groups in total. The zero-order chi connectivity index (χ0) is 23.0. The standard InChI is InChI=1S/C23H24F3N5O/c1-29(2)12-4-11-27-22(32)15-5-10-20-18(13-15)19-14-30(3)28-21(19)31(20)17-8-6-16(7-9-17)23(24,25)26/h5-10,13-14H,4,11-12H2,1-3H3,(H,27,32). The second-order valence-corrected chi connectivity index (χ2v) is 8.06. The van der Waals surface area contributed by atoms with E-state index in [2.05, 4.69) is 15.3 Å². The summed E-state index contributed by atoms with van der Waals surface area (Å²) in [6.07, 6.45) is -1.71. The molecule has 0 radical (unpaired) electrons. The highest BCUT2D eigenvalue weighted by atomic mass is 19.4. The van der Waals surface area contributed by atoms with Crippen molar-refractivity contribution in [2.75, 3.05) is 27.2 Å². The summed E-state index contributed by atoms with van der Waals surface area (Å²) in [6, 6.07) is 10.3. The average molecular weight is 443 g/mol. The van der Waals surface area contributed by atoms with E-state index >= 15 is 0 Å². The summed E-state index contributed by atoms with van der Waals surface area (Å²) >= 11 is 0. The predicted molar refractivity (Wildman–Crippen MR) is 118 cm³/mol. The molecule has 1 amide bonds. The van der Waals surface area contributed by atoms with E-state index in [1.165, 1.54) is 12.1 Å². The van der Waals surface area contributed by atoms with E-state index < -0.39 is 11.7 Å². The first kappa shape index (κ1) is 21.9. The summed E-state index contributed by atoms with van der Waals surface area (Å²) in [5.74, 6) is -0.162. The monoisotopic (exact) mass is 443 g/mol. The Labute approximate surface area is 183 Å². The van der Waals surface area contributed by atoms with Crippen LogP contribution < -0.4 is 5.32 Å². The average Bonchev–Trinajstić information content (AvgIpc) is 3.24. The maximum Gasteiger partial charge on any atom is 0.416 e. The maximum absolute atomic E-state index is 13.0. The van der Waals surface area contributed by atoms with E-state index in [0.29, 0.717) is 23.4 Å². The lowest BCUT2D eigenvalue weighted by molar-refractivity contribution is -0.137. The number of nitrogens with one attached hydrogen (secondary N) is 1. The fourth-order valence-corrected chi connectivity index (χ4v) is 3.79. The third kappa shape index (κ3) is 4.20. The van der Waals surface area contributed by atoms with Gasteiger partial charge in [-0.3, -0.25) is 14.0 Å². The molecule has 0 aliphatic carbocycles. The highest BCUT2D eigenvalue weighted by molar-refractivity contribution is 6.10. The lowest BCUT2D eigenvalue weighted by Gasteiger charge is -2.11. The first-order chi connectivity index (χ1) is 15.1. The van der Waals surface area contributed by atoms with Gasteiger partial charge in [-0.05, 0) is 69.5 Å². The number of fused-ring (bicyclic) bond motifs is 3. The van der Waals surface area contributed by atoms with Crippen molar-refractivity contribution in [3.8, 4) is 5.69 Å². The van der Waals surface area contributed by atoms with Gasteiger partial charge in [0.25, 0.3) is 5.91 Å². The molecule has 4 aromatic rings. The topological polar surface area (TPSA) is 55.1 Å². The molecule has 2 heterocycles. The molecule has 0 fully saturated rings. The molecule has 0 aliphatic rings. The van der Waals surface area contributed by atoms with Gasteiger partial charge in [0.05, 0.1) is 11.1 Å². The van der Waals surface area contributed by atoms with Crippen molar-refractivity contribution in [1.82, 2.24) is 24.6 Å². The normalized spacial score (nSPS) is 12.2. The lowest BCUT2D eigenvalue weighted by Crippen LogP contribution is -2.27. The molecule has 0 saturated heterocycles. The van der Waals surface area contributed by atoms with Gasteiger partial charge in [0.15, 0.2) is 5.65 Å². The second kappa shape index (κ2) is 8.31. The van der Waals surface area contributed by atoms with E-state index in [1.807, 2.05) is 30.9 Å². The van der Waals surface area contributed by atoms with Gasteiger partial charge < -0.3 is 10.2 Å². The Morgan fingerprint density at radius 3 is 2.47 bits per heavy atom. The molecule has 0 spiro atoms. The van der Waals surface area contributed by atoms with E-state index in [-0.39, 0.29) is 5.91 Å². The zero-order valence-electron chi connectivity index (χ0n) is 18.1. The van der Waals surface area contributed by atoms with Crippen LogP contribution >= 0.6 is 0 Å². The van der Waals surface area contributed by atoms with Gasteiger partial charge >= 0.3 is 6.18 Å². The fourth-order valence-electron chi connectivity index (χ4n) is 3.79. The molecule has 2 aromatic carbocycles. The number of benzene rings is 2. The highest BCUT2D eigenvalue weighted by Gasteiger charge is 2.30. The number of aryl methyl sites for hydroxylation is 1. The number of hydrogen-bond acceptors (Lipinski definition) is 3. The molecular formula is C23H24F3N5O. The minimum Gasteiger partial charge on any atom is -0.352 e. The van der Waals surface area contributed by atoms with Gasteiger partial charge in [0, 0.05) is 41.8 Å². The summed E-state index contributed by atoms with van der Waals surface area (Å²) in [5, 5.41) is 9.07. The molecule has 0 atom stereocenters. The Kier molecular flexibility index (Phi) is 5.68. The van der Waals surface area contributed by atoms with Crippen LogP contribution in [0.25, 0.3) is 27.6 Å². The molecule has 0 bridgehead atoms. The van der Waals surface area contributed by atoms with Crippen LogP contribution in [0.4, 0.5) is 13.2 Å². The van der Waals surface area contributed by atoms with Gasteiger partial charge in [0.1, 0.15) is 0 Å². The van der Waals surface area contributed by atoms with Crippen LogP contribution in [0, 0.1) is 0 Å². The van der Waals surface area contributed by atoms with Crippen LogP contribution in [0.2, 0.25) is 0 Å². The number of carbonyl (C=O) groups is 1. The van der Waals surface area contributed by atoms with Crippen molar-refractivity contribution in [2.45, 2.75) is 12.6 Å². The van der Waals surface area contributed by atoms with Gasteiger partial charge in [0.2, 0.25) is 0 Å². The molecule has 6 nitrogen and oxygen atoms in total. The molecule has 168 valence electrons. The molecule has 32 heavy (non-hydrogen) atoms. The van der Waals surface area contributed by atoms with E-state index in [1.54, 1.807) is 23.9 Å². The summed E-state index contributed by atoms with van der Waals surface area (Å²) < 4.78 is 42.4. The molecular weight excluding hydrogens is 419 g/mol. The fraction of sp³-hybridized carbons (Fsp3) is 0.304. The summed E-state index contributed by atoms with van der Waals surface area (Å²) in [7, 11) is 5.75. The molecule has 0 saturated carbocycles. The van der Waals surface area contributed by atoms with Crippen molar-refractivity contribution in [3.63, 3.8) is 0 Å². The number of alkyl halides is 3. The summed E-state index contributed by atoms with van der Waals surface area (Å²) in [5.41, 5.74) is 1.77. The number of halogens is 3. The molecule has 9 heteroatoms. The number of rotatable bonds is 6. The zero-order valence-corrected chi connectivity index (χ0v) is 18.1. The Morgan fingerprint density at radius 1 is 1.09 bits per heavy atom. The molecule has 0 aliphatic heterocycles. The van der Waals surface area contributed by atoms with Crippen molar-refractivity contribution in [1.29, 1.82) is 0 Å². The second-order valence-electron chi connectivity index (χ2n) is 8.06. The van der Waals surface area contributed by atoms with Crippen LogP contribution in [0.15, 0.2) is 48.7 Å². The van der Waals surface area contributed by atoms with Crippen LogP contribution in [0.5, 0.6) is 0 Å². The minimum absolute atomic E-state index is 0.162. The van der Waals surface area contributed by atoms with Crippen LogP contribution in [0.3, 0.4) is 0 Å². The summed E-state index contributed by atoms with van der Waals surface area (Å²) in [6.45, 7) is 1.45. The Hall–Kier alpha value is -3.33. The van der Waals surface area contributed by atoms with Crippen molar-refractivity contribution < 1.29 is 18.0 Å². The quantitative estimate of drug-likeness (QED) is 0.454. The van der Waals surface area contributed by atoms with Crippen LogP contribution in [-0.4, -0.2) is 52.3 Å². The highest BCUT2D eigenvalue weighted by Crippen LogP contribution is 2.34. The number of hydrogen-bond donors (Lipinski definition) is 1. The van der Waals surface area contributed by atoms with Gasteiger partial charge in [-0.25, -0.2) is 0 Å².